The number of benzene rings is 2. The normalized spacial score (nSPS) is 16.0. The molecule has 10 heteroatoms. The van der Waals surface area contributed by atoms with Gasteiger partial charge in [0.05, 0.1) is 44.5 Å². The second kappa shape index (κ2) is 13.3. The molecular weight excluding hydrogens is 480 g/mol. The van der Waals surface area contributed by atoms with Gasteiger partial charge in [-0.1, -0.05) is 74.5 Å². The number of rotatable bonds is 15. The van der Waals surface area contributed by atoms with Crippen LogP contribution in [0, 0.1) is 5.92 Å². The average Bonchev–Trinajstić information content (AvgIpc) is 2.78. The van der Waals surface area contributed by atoms with E-state index in [1.54, 1.807) is 6.92 Å². The second-order valence-electron chi connectivity index (χ2n) is 8.19. The van der Waals surface area contributed by atoms with E-state index in [-0.39, 0.29) is 19.8 Å². The summed E-state index contributed by atoms with van der Waals surface area (Å²) >= 11 is 0. The van der Waals surface area contributed by atoms with Crippen LogP contribution in [0.2, 0.25) is 0 Å². The molecule has 2 aromatic rings. The Kier molecular flexibility index (Phi) is 11.1. The minimum atomic E-state index is -3.75. The van der Waals surface area contributed by atoms with Gasteiger partial charge in [-0.25, -0.2) is 0 Å². The Hall–Kier alpha value is -1.82. The van der Waals surface area contributed by atoms with Gasteiger partial charge in [-0.3, -0.25) is 8.37 Å². The van der Waals surface area contributed by atoms with Crippen molar-refractivity contribution in [3.8, 4) is 0 Å². The Labute approximate surface area is 203 Å². The van der Waals surface area contributed by atoms with Crippen molar-refractivity contribution in [1.29, 1.82) is 0 Å². The largest absolute Gasteiger partial charge is 0.370 e. The minimum absolute atomic E-state index is 0.195. The lowest BCUT2D eigenvalue weighted by molar-refractivity contribution is -0.132. The monoisotopic (exact) mass is 514 g/mol. The summed E-state index contributed by atoms with van der Waals surface area (Å²) in [6.45, 7) is 3.74. The summed E-state index contributed by atoms with van der Waals surface area (Å²) < 4.78 is 69.9. The lowest BCUT2D eigenvalue weighted by Gasteiger charge is -2.35. The quantitative estimate of drug-likeness (QED) is 0.333. The topological polar surface area (TPSA) is 105 Å². The van der Waals surface area contributed by atoms with E-state index in [1.165, 1.54) is 0 Å². The first-order chi connectivity index (χ1) is 16.0. The van der Waals surface area contributed by atoms with Crippen molar-refractivity contribution in [1.82, 2.24) is 0 Å². The molecule has 0 saturated heterocycles. The fourth-order valence-corrected chi connectivity index (χ4v) is 4.68. The Morgan fingerprint density at radius 2 is 1.24 bits per heavy atom. The summed E-state index contributed by atoms with van der Waals surface area (Å²) in [5, 5.41) is 0. The van der Waals surface area contributed by atoms with Gasteiger partial charge in [-0.05, 0) is 17.5 Å². The lowest BCUT2D eigenvalue weighted by atomic mass is 9.92. The van der Waals surface area contributed by atoms with Crippen molar-refractivity contribution in [2.75, 3.05) is 19.1 Å². The fourth-order valence-electron chi connectivity index (χ4n) is 3.53. The van der Waals surface area contributed by atoms with E-state index in [9.17, 15) is 16.8 Å². The summed E-state index contributed by atoms with van der Waals surface area (Å²) in [5.41, 5.74) is 1.79. The summed E-state index contributed by atoms with van der Waals surface area (Å²) in [4.78, 5) is 0. The highest BCUT2D eigenvalue weighted by Gasteiger charge is 2.36. The van der Waals surface area contributed by atoms with Gasteiger partial charge < -0.3 is 9.47 Å². The van der Waals surface area contributed by atoms with Crippen molar-refractivity contribution in [3.63, 3.8) is 0 Å². The average molecular weight is 515 g/mol. The highest BCUT2D eigenvalue weighted by molar-refractivity contribution is 7.86. The molecule has 2 rings (SSSR count). The number of hydrogen-bond acceptors (Lipinski definition) is 8. The molecule has 0 aromatic heterocycles. The molecule has 0 radical (unpaired) electrons. The zero-order valence-corrected chi connectivity index (χ0v) is 21.6. The standard InChI is InChI=1S/C24H34O8S2/c1-5-22(32-34(4,27)28)19(2)24(30-17-21-14-10-7-11-15-21)23(18-31-33(3,25)26)29-16-20-12-8-6-9-13-20/h6-15,19,22-24H,5,16-18H2,1-4H3/t19-,22-,23+,24+/m1/s1. The summed E-state index contributed by atoms with van der Waals surface area (Å²) in [6.07, 6.45) is 0.127. The Balaban J connectivity index is 2.33. The molecule has 4 atom stereocenters. The smallest absolute Gasteiger partial charge is 0.264 e. The van der Waals surface area contributed by atoms with Gasteiger partial charge in [0.15, 0.2) is 0 Å². The third-order valence-electron chi connectivity index (χ3n) is 5.21. The molecule has 0 aliphatic rings. The SMILES string of the molecule is CC[C@@H](OS(C)(=O)=O)[C@@H](C)[C@H](OCc1ccccc1)[C@H](COS(C)(=O)=O)OCc1ccccc1. The van der Waals surface area contributed by atoms with Gasteiger partial charge >= 0.3 is 0 Å². The maximum Gasteiger partial charge on any atom is 0.264 e. The lowest BCUT2D eigenvalue weighted by Crippen LogP contribution is -2.45. The molecule has 0 bridgehead atoms. The summed E-state index contributed by atoms with van der Waals surface area (Å²) in [6, 6.07) is 18.9. The van der Waals surface area contributed by atoms with Crippen LogP contribution in [-0.4, -0.2) is 54.3 Å². The van der Waals surface area contributed by atoms with E-state index >= 15 is 0 Å². The highest BCUT2D eigenvalue weighted by atomic mass is 32.2. The van der Waals surface area contributed by atoms with Crippen LogP contribution in [0.1, 0.15) is 31.4 Å². The first kappa shape index (κ1) is 28.4. The zero-order valence-electron chi connectivity index (χ0n) is 20.0. The molecule has 0 spiro atoms. The van der Waals surface area contributed by atoms with Crippen molar-refractivity contribution in [2.45, 2.75) is 51.8 Å². The van der Waals surface area contributed by atoms with Crippen LogP contribution in [0.3, 0.4) is 0 Å². The summed E-state index contributed by atoms with van der Waals surface area (Å²) in [7, 11) is -7.47. The molecule has 0 aliphatic heterocycles. The van der Waals surface area contributed by atoms with Crippen LogP contribution in [0.4, 0.5) is 0 Å². The second-order valence-corrected chi connectivity index (χ2v) is 11.4. The van der Waals surface area contributed by atoms with E-state index in [4.69, 9.17) is 17.8 Å². The molecule has 0 amide bonds. The predicted molar refractivity (Wildman–Crippen MR) is 130 cm³/mol. The van der Waals surface area contributed by atoms with Gasteiger partial charge in [-0.15, -0.1) is 0 Å². The van der Waals surface area contributed by atoms with Crippen LogP contribution in [-0.2, 0) is 51.3 Å². The fraction of sp³-hybridized carbons (Fsp3) is 0.500. The van der Waals surface area contributed by atoms with Crippen LogP contribution in [0.15, 0.2) is 60.7 Å². The van der Waals surface area contributed by atoms with Crippen molar-refractivity contribution >= 4 is 20.2 Å². The molecule has 34 heavy (non-hydrogen) atoms. The molecule has 2 aromatic carbocycles. The third-order valence-corrected chi connectivity index (χ3v) is 6.37. The zero-order chi connectivity index (χ0) is 25.2. The molecule has 0 saturated carbocycles. The number of ether oxygens (including phenoxy) is 2. The van der Waals surface area contributed by atoms with Crippen LogP contribution in [0.5, 0.6) is 0 Å². The molecule has 190 valence electrons. The first-order valence-electron chi connectivity index (χ1n) is 11.0. The van der Waals surface area contributed by atoms with E-state index < -0.39 is 44.5 Å². The van der Waals surface area contributed by atoms with Gasteiger partial charge in [0, 0.05) is 5.92 Å². The Morgan fingerprint density at radius 1 is 0.735 bits per heavy atom. The molecule has 0 heterocycles. The Morgan fingerprint density at radius 3 is 1.68 bits per heavy atom. The molecule has 8 nitrogen and oxygen atoms in total. The maximum atomic E-state index is 11.8. The molecular formula is C24H34O8S2. The van der Waals surface area contributed by atoms with Crippen molar-refractivity contribution in [2.24, 2.45) is 5.92 Å². The molecule has 0 aliphatic carbocycles. The first-order valence-corrected chi connectivity index (χ1v) is 14.7. The minimum Gasteiger partial charge on any atom is -0.370 e. The van der Waals surface area contributed by atoms with Gasteiger partial charge in [-0.2, -0.15) is 16.8 Å². The van der Waals surface area contributed by atoms with Crippen LogP contribution in [0.25, 0.3) is 0 Å². The van der Waals surface area contributed by atoms with Crippen molar-refractivity contribution in [3.05, 3.63) is 71.8 Å². The van der Waals surface area contributed by atoms with Crippen molar-refractivity contribution < 1.29 is 34.7 Å². The van der Waals surface area contributed by atoms with Gasteiger partial charge in [0.2, 0.25) is 0 Å². The molecule has 0 N–H and O–H groups in total. The van der Waals surface area contributed by atoms with E-state index in [0.717, 1.165) is 23.6 Å². The van der Waals surface area contributed by atoms with Crippen LogP contribution >= 0.6 is 0 Å². The number of hydrogen-bond donors (Lipinski definition) is 0. The highest BCUT2D eigenvalue weighted by Crippen LogP contribution is 2.26. The van der Waals surface area contributed by atoms with Gasteiger partial charge in [0.25, 0.3) is 20.2 Å². The summed E-state index contributed by atoms with van der Waals surface area (Å²) in [5.74, 6) is -0.465. The molecule has 0 unspecified atom stereocenters. The van der Waals surface area contributed by atoms with E-state index in [2.05, 4.69) is 0 Å². The maximum absolute atomic E-state index is 11.8. The Bertz CT molecular complexity index is 1060. The third kappa shape index (κ3) is 10.6. The van der Waals surface area contributed by atoms with Gasteiger partial charge in [0.1, 0.15) is 6.10 Å². The predicted octanol–water partition coefficient (Wildman–Crippen LogP) is 3.52. The van der Waals surface area contributed by atoms with E-state index in [0.29, 0.717) is 6.42 Å². The van der Waals surface area contributed by atoms with E-state index in [1.807, 2.05) is 67.6 Å². The van der Waals surface area contributed by atoms with Crippen LogP contribution < -0.4 is 0 Å². The molecule has 0 fully saturated rings.